The number of nitrogens with one attached hydrogen (secondary N) is 2. The molecule has 95 heavy (non-hydrogen) atoms. The lowest BCUT2D eigenvalue weighted by Crippen LogP contribution is -2.70. The highest BCUT2D eigenvalue weighted by atomic mass is 16.8. The zero-order chi connectivity index (χ0) is 69.6. The lowest BCUT2D eigenvalue weighted by Gasteiger charge is -2.50. The number of carboxylic acid groups (broad SMARTS) is 1. The van der Waals surface area contributed by atoms with Crippen LogP contribution in [-0.2, 0) is 42.8 Å². The molecule has 3 saturated heterocycles. The van der Waals surface area contributed by atoms with Crippen LogP contribution in [-0.4, -0.2) is 215 Å². The SMILES string of the molecule is CCCCCCCCCCCCCC/C=C\CCCCCCCCCCCCC(=O)NC(COC1OC(CO)C(OC2OC(CO)C(O)C(OC3(C(=O)O)CC(O)C(NC(C)=O)C(C(O)C(O)CO)O3)C2O)C(O)C1O)C(O)CCCCCCCCCCCCCCCCC. The molecule has 2 amide bonds. The average Bonchev–Trinajstić information content (AvgIpc) is 0.757. The van der Waals surface area contributed by atoms with Crippen LogP contribution in [0.3, 0.4) is 0 Å². The molecule has 3 heterocycles. The van der Waals surface area contributed by atoms with Crippen molar-refractivity contribution in [3.63, 3.8) is 0 Å². The van der Waals surface area contributed by atoms with Crippen LogP contribution in [0, 0.1) is 0 Å². The van der Waals surface area contributed by atoms with Crippen molar-refractivity contribution in [1.29, 1.82) is 0 Å². The van der Waals surface area contributed by atoms with Crippen molar-refractivity contribution in [3.8, 4) is 0 Å². The fourth-order valence-corrected chi connectivity index (χ4v) is 13.2. The fourth-order valence-electron chi connectivity index (χ4n) is 13.2. The Morgan fingerprint density at radius 2 is 0.979 bits per heavy atom. The Balaban J connectivity index is 1.53. The van der Waals surface area contributed by atoms with Gasteiger partial charge in [-0.25, -0.2) is 4.79 Å². The number of amides is 2. The first-order chi connectivity index (χ1) is 45.9. The Bertz CT molecular complexity index is 1960. The molecular weight excluding hydrogens is 1230 g/mol. The number of aliphatic hydroxyl groups is 11. The van der Waals surface area contributed by atoms with Crippen molar-refractivity contribution in [2.24, 2.45) is 0 Å². The van der Waals surface area contributed by atoms with E-state index in [1.807, 2.05) is 0 Å². The molecule has 0 bridgehead atoms. The molecule has 3 aliphatic rings. The average molecular weight is 1360 g/mol. The smallest absolute Gasteiger partial charge is 0.364 e. The van der Waals surface area contributed by atoms with Gasteiger partial charge in [-0.15, -0.1) is 0 Å². The summed E-state index contributed by atoms with van der Waals surface area (Å²) >= 11 is 0. The number of carbonyl (C=O) groups excluding carboxylic acids is 2. The number of ether oxygens (including phenoxy) is 6. The van der Waals surface area contributed by atoms with E-state index in [2.05, 4.69) is 36.6 Å². The molecule has 23 heteroatoms. The van der Waals surface area contributed by atoms with Crippen molar-refractivity contribution in [2.75, 3.05) is 26.4 Å². The maximum atomic E-state index is 13.5. The molecule has 0 aromatic heterocycles. The fraction of sp³-hybridized carbons (Fsp3) is 0.931. The lowest BCUT2D eigenvalue weighted by atomic mass is 9.88. The van der Waals surface area contributed by atoms with Gasteiger partial charge in [0.15, 0.2) is 12.6 Å². The monoisotopic (exact) mass is 1360 g/mol. The molecular formula is C72H134N2O21. The van der Waals surface area contributed by atoms with E-state index in [4.69, 9.17) is 28.4 Å². The Morgan fingerprint density at radius 1 is 0.537 bits per heavy atom. The second-order valence-corrected chi connectivity index (χ2v) is 27.5. The number of carboxylic acids is 1. The molecule has 0 saturated carbocycles. The number of hydrogen-bond acceptors (Lipinski definition) is 20. The molecule has 0 aromatic carbocycles. The van der Waals surface area contributed by atoms with E-state index in [-0.39, 0.29) is 18.9 Å². The summed E-state index contributed by atoms with van der Waals surface area (Å²) in [6.45, 7) is 2.23. The normalized spacial score (nSPS) is 27.7. The highest BCUT2D eigenvalue weighted by molar-refractivity contribution is 5.77. The summed E-state index contributed by atoms with van der Waals surface area (Å²) in [5.74, 6) is -6.10. The van der Waals surface area contributed by atoms with Crippen LogP contribution < -0.4 is 10.6 Å². The molecule has 23 nitrogen and oxygen atoms in total. The van der Waals surface area contributed by atoms with Gasteiger partial charge in [0.05, 0.1) is 50.7 Å². The number of rotatable bonds is 58. The van der Waals surface area contributed by atoms with Crippen LogP contribution in [0.2, 0.25) is 0 Å². The number of unbranched alkanes of at least 4 members (excludes halogenated alkanes) is 36. The summed E-state index contributed by atoms with van der Waals surface area (Å²) in [7, 11) is 0. The van der Waals surface area contributed by atoms with Crippen molar-refractivity contribution in [1.82, 2.24) is 10.6 Å². The second kappa shape index (κ2) is 52.5. The van der Waals surface area contributed by atoms with Gasteiger partial charge >= 0.3 is 5.97 Å². The molecule has 18 unspecified atom stereocenters. The first-order valence-corrected chi connectivity index (χ1v) is 37.5. The van der Waals surface area contributed by atoms with Crippen LogP contribution in [0.15, 0.2) is 12.2 Å². The Morgan fingerprint density at radius 3 is 1.42 bits per heavy atom. The van der Waals surface area contributed by atoms with E-state index in [9.17, 15) is 75.7 Å². The highest BCUT2D eigenvalue weighted by Crippen LogP contribution is 2.39. The molecule has 3 rings (SSSR count). The Labute approximate surface area is 569 Å². The summed E-state index contributed by atoms with van der Waals surface area (Å²) in [6.07, 6.45) is 23.6. The molecule has 0 aromatic rings. The number of allylic oxidation sites excluding steroid dienone is 2. The molecule has 3 fully saturated rings. The van der Waals surface area contributed by atoms with Crippen LogP contribution >= 0.6 is 0 Å². The molecule has 3 aliphatic heterocycles. The third-order valence-corrected chi connectivity index (χ3v) is 19.2. The summed E-state index contributed by atoms with van der Waals surface area (Å²) in [5, 5.41) is 136. The Hall–Kier alpha value is -2.53. The maximum Gasteiger partial charge on any atom is 0.364 e. The third-order valence-electron chi connectivity index (χ3n) is 19.2. The van der Waals surface area contributed by atoms with Gasteiger partial charge in [0, 0.05) is 19.8 Å². The molecule has 14 N–H and O–H groups in total. The van der Waals surface area contributed by atoms with Crippen molar-refractivity contribution < 1.29 is 104 Å². The minimum atomic E-state index is -3.08. The van der Waals surface area contributed by atoms with E-state index in [0.29, 0.717) is 19.3 Å². The first kappa shape index (κ1) is 86.7. The van der Waals surface area contributed by atoms with E-state index in [0.717, 1.165) is 64.7 Å². The number of aliphatic hydroxyl groups excluding tert-OH is 11. The van der Waals surface area contributed by atoms with E-state index >= 15 is 0 Å². The predicted octanol–water partition coefficient (Wildman–Crippen LogP) is 8.24. The topological polar surface area (TPSA) is 373 Å². The number of hydrogen-bond donors (Lipinski definition) is 14. The van der Waals surface area contributed by atoms with Gasteiger partial charge in [0.25, 0.3) is 5.79 Å². The van der Waals surface area contributed by atoms with Gasteiger partial charge in [-0.3, -0.25) is 9.59 Å². The quantitative estimate of drug-likeness (QED) is 0.0201. The summed E-state index contributed by atoms with van der Waals surface area (Å²) in [6, 6.07) is -2.53. The van der Waals surface area contributed by atoms with Crippen LogP contribution in [0.25, 0.3) is 0 Å². The molecule has 558 valence electrons. The zero-order valence-corrected chi connectivity index (χ0v) is 58.5. The molecule has 0 spiro atoms. The minimum Gasteiger partial charge on any atom is -0.477 e. The van der Waals surface area contributed by atoms with E-state index < -0.39 is 148 Å². The van der Waals surface area contributed by atoms with Crippen LogP contribution in [0.5, 0.6) is 0 Å². The Kier molecular flexibility index (Phi) is 47.9. The molecule has 0 radical (unpaired) electrons. The lowest BCUT2D eigenvalue weighted by molar-refractivity contribution is -0.386. The van der Waals surface area contributed by atoms with Gasteiger partial charge in [0.2, 0.25) is 11.8 Å². The van der Waals surface area contributed by atoms with Crippen molar-refractivity contribution >= 4 is 17.8 Å². The van der Waals surface area contributed by atoms with Crippen LogP contribution in [0.4, 0.5) is 0 Å². The van der Waals surface area contributed by atoms with Gasteiger partial charge in [-0.2, -0.15) is 0 Å². The standard InChI is InChI=1S/C72H134N2O21/c1-4-6-8-10-12-14-16-18-20-21-22-23-24-25-26-27-28-29-30-32-34-36-38-40-42-44-46-59(82)74-53(54(79)45-43-41-39-37-35-33-31-19-17-15-13-11-9-7-5-2)51-90-69-64(86)63(85)66(58(50-77)92-69)93-70-65(87)68(62(84)57(49-76)91-70)95-72(71(88)89)47-55(80)60(73-52(3)78)67(94-72)61(83)56(81)48-75/h25-26,53-58,60-70,75-77,79-81,83-87H,4-24,27-51H2,1-3H3,(H,73,78)(H,74,82)(H,88,89)/b26-25-. The second-order valence-electron chi connectivity index (χ2n) is 27.5. The van der Waals surface area contributed by atoms with E-state index in [1.54, 1.807) is 0 Å². The van der Waals surface area contributed by atoms with Crippen LogP contribution in [0.1, 0.15) is 290 Å². The van der Waals surface area contributed by atoms with Gasteiger partial charge in [0.1, 0.15) is 67.1 Å². The predicted molar refractivity (Wildman–Crippen MR) is 362 cm³/mol. The third kappa shape index (κ3) is 34.1. The van der Waals surface area contributed by atoms with Crippen molar-refractivity contribution in [2.45, 2.75) is 400 Å². The number of carbonyl (C=O) groups is 3. The van der Waals surface area contributed by atoms with Crippen molar-refractivity contribution in [3.05, 3.63) is 12.2 Å². The largest absolute Gasteiger partial charge is 0.477 e. The van der Waals surface area contributed by atoms with E-state index in [1.165, 1.54) is 180 Å². The molecule has 0 aliphatic carbocycles. The van der Waals surface area contributed by atoms with Gasteiger partial charge < -0.3 is 100 Å². The summed E-state index contributed by atoms with van der Waals surface area (Å²) in [5.41, 5.74) is 0. The minimum absolute atomic E-state index is 0.224. The molecule has 18 atom stereocenters. The highest BCUT2D eigenvalue weighted by Gasteiger charge is 2.60. The number of aliphatic carboxylic acids is 1. The van der Waals surface area contributed by atoms with Gasteiger partial charge in [-0.1, -0.05) is 244 Å². The first-order valence-electron chi connectivity index (χ1n) is 37.5. The van der Waals surface area contributed by atoms with Gasteiger partial charge in [-0.05, 0) is 38.5 Å². The summed E-state index contributed by atoms with van der Waals surface area (Å²) in [4.78, 5) is 38.6. The zero-order valence-electron chi connectivity index (χ0n) is 58.5. The summed E-state index contributed by atoms with van der Waals surface area (Å²) < 4.78 is 34.9. The maximum absolute atomic E-state index is 13.5.